The summed E-state index contributed by atoms with van der Waals surface area (Å²) in [7, 11) is -3.55. The molecule has 1 saturated heterocycles. The summed E-state index contributed by atoms with van der Waals surface area (Å²) in [5, 5.41) is 1.12. The Hall–Kier alpha value is -2.37. The average Bonchev–Trinajstić information content (AvgIpc) is 3.22. The fraction of sp³-hybridized carbons (Fsp3) is 0.263. The number of benzene rings is 2. The Bertz CT molecular complexity index is 1120. The van der Waals surface area contributed by atoms with Gasteiger partial charge in [-0.3, -0.25) is 9.80 Å². The molecule has 29 heavy (non-hydrogen) atoms. The van der Waals surface area contributed by atoms with Gasteiger partial charge in [-0.15, -0.1) is 11.3 Å². The van der Waals surface area contributed by atoms with Crippen LogP contribution in [0.5, 0.6) is 0 Å². The summed E-state index contributed by atoms with van der Waals surface area (Å²) in [5.41, 5.74) is 3.79. The first kappa shape index (κ1) is 19.9. The fourth-order valence-electron chi connectivity index (χ4n) is 3.13. The second kappa shape index (κ2) is 8.17. The molecule has 152 valence electrons. The van der Waals surface area contributed by atoms with E-state index >= 15 is 0 Å². The van der Waals surface area contributed by atoms with E-state index in [1.165, 1.54) is 15.6 Å². The minimum absolute atomic E-state index is 0.164. The number of carbonyl (C=O) groups excluding carboxylic acids is 1. The smallest absolute Gasteiger partial charge is 0.268 e. The van der Waals surface area contributed by atoms with Gasteiger partial charge in [0.1, 0.15) is 0 Å². The average molecular weight is 433 g/mol. The highest BCUT2D eigenvalue weighted by molar-refractivity contribution is 7.89. The van der Waals surface area contributed by atoms with Crippen molar-refractivity contribution in [3.8, 4) is 0 Å². The van der Waals surface area contributed by atoms with Crippen LogP contribution in [0, 0.1) is 0 Å². The SMILES string of the molecule is NN(Cc1ccc(S(=O)(=O)N2CCOCC2)cc1)C(=O)c1ccc2ncsc2c1. The van der Waals surface area contributed by atoms with Crippen LogP contribution in [0.3, 0.4) is 0 Å². The number of aromatic nitrogens is 1. The molecule has 2 aromatic carbocycles. The van der Waals surface area contributed by atoms with Crippen LogP contribution in [0.4, 0.5) is 0 Å². The molecule has 2 heterocycles. The van der Waals surface area contributed by atoms with E-state index in [4.69, 9.17) is 10.6 Å². The molecule has 3 aromatic rings. The van der Waals surface area contributed by atoms with Crippen molar-refractivity contribution in [1.29, 1.82) is 0 Å². The predicted octanol–water partition coefficient (Wildman–Crippen LogP) is 1.83. The third-order valence-electron chi connectivity index (χ3n) is 4.72. The van der Waals surface area contributed by atoms with Crippen molar-refractivity contribution in [2.45, 2.75) is 11.4 Å². The van der Waals surface area contributed by atoms with Crippen LogP contribution < -0.4 is 5.84 Å². The molecule has 0 atom stereocenters. The first-order chi connectivity index (χ1) is 13.9. The molecule has 0 spiro atoms. The standard InChI is InChI=1S/C19H20N4O4S2/c20-23(19(24)15-3-6-17-18(11-15)28-13-21-17)12-14-1-4-16(5-2-14)29(25,26)22-7-9-27-10-8-22/h1-6,11,13H,7-10,12,20H2. The topological polar surface area (TPSA) is 106 Å². The van der Waals surface area contributed by atoms with Crippen LogP contribution in [0.2, 0.25) is 0 Å². The van der Waals surface area contributed by atoms with Gasteiger partial charge in [0.25, 0.3) is 5.91 Å². The van der Waals surface area contributed by atoms with Crippen molar-refractivity contribution in [1.82, 2.24) is 14.3 Å². The van der Waals surface area contributed by atoms with Gasteiger partial charge in [0, 0.05) is 18.7 Å². The van der Waals surface area contributed by atoms with Gasteiger partial charge in [-0.25, -0.2) is 19.2 Å². The number of sulfonamides is 1. The van der Waals surface area contributed by atoms with Gasteiger partial charge in [0.05, 0.1) is 40.4 Å². The molecule has 1 aliphatic heterocycles. The lowest BCUT2D eigenvalue weighted by molar-refractivity contribution is 0.0730. The van der Waals surface area contributed by atoms with Gasteiger partial charge in [-0.1, -0.05) is 12.1 Å². The number of ether oxygens (including phenoxy) is 1. The summed E-state index contributed by atoms with van der Waals surface area (Å²) in [6.45, 7) is 1.65. The first-order valence-electron chi connectivity index (χ1n) is 9.02. The molecule has 4 rings (SSSR count). The highest BCUT2D eigenvalue weighted by atomic mass is 32.2. The van der Waals surface area contributed by atoms with Crippen molar-refractivity contribution < 1.29 is 17.9 Å². The van der Waals surface area contributed by atoms with E-state index in [1.807, 2.05) is 0 Å². The Labute approximate surface area is 172 Å². The maximum Gasteiger partial charge on any atom is 0.268 e. The maximum atomic E-state index is 12.7. The Kier molecular flexibility index (Phi) is 5.61. The lowest BCUT2D eigenvalue weighted by Crippen LogP contribution is -2.40. The van der Waals surface area contributed by atoms with Crippen LogP contribution in [0.1, 0.15) is 15.9 Å². The molecule has 1 fully saturated rings. The van der Waals surface area contributed by atoms with Crippen molar-refractivity contribution in [3.05, 3.63) is 59.1 Å². The molecule has 1 aliphatic rings. The van der Waals surface area contributed by atoms with E-state index in [0.29, 0.717) is 31.9 Å². The molecular formula is C19H20N4O4S2. The minimum Gasteiger partial charge on any atom is -0.379 e. The van der Waals surface area contributed by atoms with Gasteiger partial charge in [0.2, 0.25) is 10.0 Å². The zero-order valence-corrected chi connectivity index (χ0v) is 17.2. The summed E-state index contributed by atoms with van der Waals surface area (Å²) >= 11 is 1.46. The Morgan fingerprint density at radius 2 is 1.90 bits per heavy atom. The van der Waals surface area contributed by atoms with Crippen LogP contribution in [0.15, 0.2) is 52.9 Å². The fourth-order valence-corrected chi connectivity index (χ4v) is 5.25. The quantitative estimate of drug-likeness (QED) is 0.375. The molecule has 0 unspecified atom stereocenters. The summed E-state index contributed by atoms with van der Waals surface area (Å²) in [6.07, 6.45) is 0. The number of nitrogens with two attached hydrogens (primary N) is 1. The summed E-state index contributed by atoms with van der Waals surface area (Å²) in [6, 6.07) is 11.7. The molecule has 0 bridgehead atoms. The van der Waals surface area contributed by atoms with Gasteiger partial charge < -0.3 is 4.74 Å². The molecule has 1 amide bonds. The molecule has 1 aromatic heterocycles. The predicted molar refractivity (Wildman–Crippen MR) is 110 cm³/mol. The molecule has 8 nitrogen and oxygen atoms in total. The highest BCUT2D eigenvalue weighted by Gasteiger charge is 2.26. The van der Waals surface area contributed by atoms with E-state index in [0.717, 1.165) is 20.8 Å². The Morgan fingerprint density at radius 1 is 1.17 bits per heavy atom. The van der Waals surface area contributed by atoms with Gasteiger partial charge in [0.15, 0.2) is 0 Å². The van der Waals surface area contributed by atoms with E-state index in [1.54, 1.807) is 48.0 Å². The third kappa shape index (κ3) is 4.16. The number of thiazole rings is 1. The number of carbonyl (C=O) groups is 1. The molecule has 0 radical (unpaired) electrons. The zero-order chi connectivity index (χ0) is 20.4. The van der Waals surface area contributed by atoms with Crippen LogP contribution in [-0.2, 0) is 21.3 Å². The molecule has 0 saturated carbocycles. The number of amides is 1. The van der Waals surface area contributed by atoms with Gasteiger partial charge >= 0.3 is 0 Å². The third-order valence-corrected chi connectivity index (χ3v) is 7.43. The van der Waals surface area contributed by atoms with Gasteiger partial charge in [-0.05, 0) is 35.9 Å². The van der Waals surface area contributed by atoms with Crippen molar-refractivity contribution in [2.75, 3.05) is 26.3 Å². The van der Waals surface area contributed by atoms with E-state index in [2.05, 4.69) is 4.98 Å². The lowest BCUT2D eigenvalue weighted by atomic mass is 10.1. The summed E-state index contributed by atoms with van der Waals surface area (Å²) in [5.74, 6) is 5.66. The maximum absolute atomic E-state index is 12.7. The van der Waals surface area contributed by atoms with Gasteiger partial charge in [-0.2, -0.15) is 4.31 Å². The van der Waals surface area contributed by atoms with Crippen molar-refractivity contribution in [3.63, 3.8) is 0 Å². The number of hydrogen-bond donors (Lipinski definition) is 1. The van der Waals surface area contributed by atoms with E-state index in [9.17, 15) is 13.2 Å². The number of nitrogens with zero attached hydrogens (tertiary/aromatic N) is 3. The Balaban J connectivity index is 1.45. The second-order valence-electron chi connectivity index (χ2n) is 6.63. The molecule has 2 N–H and O–H groups in total. The second-order valence-corrected chi connectivity index (χ2v) is 9.45. The lowest BCUT2D eigenvalue weighted by Gasteiger charge is -2.26. The number of hydrogen-bond acceptors (Lipinski definition) is 7. The normalized spacial score (nSPS) is 15.5. The van der Waals surface area contributed by atoms with Crippen LogP contribution in [0.25, 0.3) is 10.2 Å². The number of fused-ring (bicyclic) bond motifs is 1. The van der Waals surface area contributed by atoms with Crippen LogP contribution in [-0.4, -0.2) is 54.9 Å². The summed E-state index contributed by atoms with van der Waals surface area (Å²) < 4.78 is 32.9. The van der Waals surface area contributed by atoms with E-state index < -0.39 is 10.0 Å². The van der Waals surface area contributed by atoms with Crippen molar-refractivity contribution >= 4 is 37.5 Å². The number of morpholine rings is 1. The largest absolute Gasteiger partial charge is 0.379 e. The number of hydrazine groups is 1. The first-order valence-corrected chi connectivity index (χ1v) is 11.3. The van der Waals surface area contributed by atoms with Crippen molar-refractivity contribution in [2.24, 2.45) is 5.84 Å². The van der Waals surface area contributed by atoms with Crippen LogP contribution >= 0.6 is 11.3 Å². The monoisotopic (exact) mass is 432 g/mol. The molecular weight excluding hydrogens is 412 g/mol. The van der Waals surface area contributed by atoms with E-state index in [-0.39, 0.29) is 17.3 Å². The molecule has 10 heteroatoms. The summed E-state index contributed by atoms with van der Waals surface area (Å²) in [4.78, 5) is 17.0. The minimum atomic E-state index is -3.55. The zero-order valence-electron chi connectivity index (χ0n) is 15.5. The Morgan fingerprint density at radius 3 is 2.62 bits per heavy atom. The highest BCUT2D eigenvalue weighted by Crippen LogP contribution is 2.21. The number of rotatable bonds is 5. The molecule has 0 aliphatic carbocycles.